The Morgan fingerprint density at radius 2 is 2.20 bits per heavy atom. The summed E-state index contributed by atoms with van der Waals surface area (Å²) in [6, 6.07) is 0. The molecule has 0 aliphatic heterocycles. The molecule has 0 atom stereocenters. The summed E-state index contributed by atoms with van der Waals surface area (Å²) in [5.74, 6) is 0. The zero-order valence-corrected chi connectivity index (χ0v) is 5.98. The lowest BCUT2D eigenvalue weighted by molar-refractivity contribution is -0.115. The summed E-state index contributed by atoms with van der Waals surface area (Å²) in [7, 11) is 3.38. The lowest BCUT2D eigenvalue weighted by atomic mass is 11.0. The highest BCUT2D eigenvalue weighted by atomic mass is 16.1. The van der Waals surface area contributed by atoms with Crippen LogP contribution in [-0.2, 0) is 4.79 Å². The van der Waals surface area contributed by atoms with E-state index in [1.54, 1.807) is 14.1 Å². The van der Waals surface area contributed by atoms with Gasteiger partial charge in [0.1, 0.15) is 12.7 Å². The van der Waals surface area contributed by atoms with Gasteiger partial charge in [-0.1, -0.05) is 0 Å². The van der Waals surface area contributed by atoms with Gasteiger partial charge >= 0.3 is 0 Å². The molecule has 1 aromatic heterocycles. The average molecular weight is 142 g/mol. The summed E-state index contributed by atoms with van der Waals surface area (Å²) < 4.78 is 0. The summed E-state index contributed by atoms with van der Waals surface area (Å²) in [6.45, 7) is 0. The molecule has 0 unspecified atom stereocenters. The molecule has 0 aliphatic carbocycles. The van der Waals surface area contributed by atoms with Gasteiger partial charge in [-0.2, -0.15) is 5.10 Å². The second kappa shape index (κ2) is 5.74. The van der Waals surface area contributed by atoms with E-state index in [9.17, 15) is 4.79 Å². The van der Waals surface area contributed by atoms with Crippen LogP contribution in [0.1, 0.15) is 0 Å². The van der Waals surface area contributed by atoms with E-state index in [2.05, 4.69) is 15.2 Å². The highest BCUT2D eigenvalue weighted by Gasteiger charge is 1.68. The maximum atomic E-state index is 9.43. The number of carbonyl (C=O) groups excluding carboxylic acids is 1. The van der Waals surface area contributed by atoms with Crippen molar-refractivity contribution in [2.75, 3.05) is 14.1 Å². The summed E-state index contributed by atoms with van der Waals surface area (Å²) in [5, 5.41) is 5.99. The molecule has 5 heteroatoms. The first-order chi connectivity index (χ1) is 4.77. The maximum Gasteiger partial charge on any atom is 0.209 e. The second-order valence-corrected chi connectivity index (χ2v) is 1.72. The molecule has 0 saturated heterocycles. The standard InChI is InChI=1S/C3H7NO.C2H3N3/c1-4(2)3-5;1-3-2-5-4-1/h3H,1-2H3;1-2H,(H,3,4,5). The highest BCUT2D eigenvalue weighted by molar-refractivity contribution is 5.45. The van der Waals surface area contributed by atoms with Gasteiger partial charge in [-0.25, -0.2) is 4.98 Å². The quantitative estimate of drug-likeness (QED) is 0.538. The molecular weight excluding hydrogens is 132 g/mol. The Balaban J connectivity index is 0.000000162. The fourth-order valence-electron chi connectivity index (χ4n) is 0.167. The number of nitrogens with zero attached hydrogens (tertiary/aromatic N) is 3. The highest BCUT2D eigenvalue weighted by Crippen LogP contribution is 1.53. The van der Waals surface area contributed by atoms with E-state index in [4.69, 9.17) is 0 Å². The molecule has 10 heavy (non-hydrogen) atoms. The Labute approximate surface area is 59.1 Å². The number of nitrogens with one attached hydrogen (secondary N) is 1. The van der Waals surface area contributed by atoms with Crippen molar-refractivity contribution in [2.24, 2.45) is 0 Å². The van der Waals surface area contributed by atoms with Gasteiger partial charge in [0, 0.05) is 14.1 Å². The minimum absolute atomic E-state index is 0.750. The fraction of sp³-hybridized carbons (Fsp3) is 0.400. The van der Waals surface area contributed by atoms with Crippen molar-refractivity contribution in [3.8, 4) is 0 Å². The van der Waals surface area contributed by atoms with Crippen molar-refractivity contribution in [1.82, 2.24) is 20.1 Å². The van der Waals surface area contributed by atoms with Crippen LogP contribution >= 0.6 is 0 Å². The number of aromatic nitrogens is 3. The maximum absolute atomic E-state index is 9.43. The van der Waals surface area contributed by atoms with E-state index < -0.39 is 0 Å². The van der Waals surface area contributed by atoms with Gasteiger partial charge in [0.25, 0.3) is 0 Å². The smallest absolute Gasteiger partial charge is 0.209 e. The molecule has 0 radical (unpaired) electrons. The Hall–Kier alpha value is -1.39. The number of aromatic amines is 1. The normalized spacial score (nSPS) is 7.40. The van der Waals surface area contributed by atoms with Crippen LogP contribution in [0.5, 0.6) is 0 Å². The third-order valence-electron chi connectivity index (χ3n) is 0.542. The molecule has 1 rings (SSSR count). The number of amides is 1. The molecule has 1 N–H and O–H groups in total. The van der Waals surface area contributed by atoms with Crippen molar-refractivity contribution in [1.29, 1.82) is 0 Å². The first-order valence-corrected chi connectivity index (χ1v) is 2.68. The van der Waals surface area contributed by atoms with E-state index in [0.29, 0.717) is 0 Å². The predicted octanol–water partition coefficient (Wildman–Crippen LogP) is -0.491. The topological polar surface area (TPSA) is 61.9 Å². The molecule has 5 nitrogen and oxygen atoms in total. The van der Waals surface area contributed by atoms with Crippen LogP contribution in [0.2, 0.25) is 0 Å². The third-order valence-corrected chi connectivity index (χ3v) is 0.542. The Morgan fingerprint density at radius 3 is 2.30 bits per heavy atom. The second-order valence-electron chi connectivity index (χ2n) is 1.72. The van der Waals surface area contributed by atoms with E-state index in [0.717, 1.165) is 6.41 Å². The van der Waals surface area contributed by atoms with Gasteiger partial charge in [0.15, 0.2) is 0 Å². The number of hydrogen-bond donors (Lipinski definition) is 1. The zero-order chi connectivity index (χ0) is 7.82. The van der Waals surface area contributed by atoms with Crippen LogP contribution in [-0.4, -0.2) is 40.6 Å². The average Bonchev–Trinajstić information content (AvgIpc) is 2.43. The molecule has 0 bridgehead atoms. The van der Waals surface area contributed by atoms with Gasteiger partial charge in [0.05, 0.1) is 0 Å². The fourth-order valence-corrected chi connectivity index (χ4v) is 0.167. The molecule has 0 spiro atoms. The third kappa shape index (κ3) is 6.61. The molecule has 0 saturated carbocycles. The van der Waals surface area contributed by atoms with Crippen molar-refractivity contribution in [3.05, 3.63) is 12.7 Å². The van der Waals surface area contributed by atoms with Gasteiger partial charge in [-0.15, -0.1) is 0 Å². The monoisotopic (exact) mass is 142 g/mol. The van der Waals surface area contributed by atoms with Gasteiger partial charge in [0.2, 0.25) is 6.41 Å². The summed E-state index contributed by atoms with van der Waals surface area (Å²) >= 11 is 0. The van der Waals surface area contributed by atoms with Crippen molar-refractivity contribution >= 4 is 6.41 Å². The lowest BCUT2D eigenvalue weighted by Gasteiger charge is -1.93. The molecule has 1 amide bonds. The largest absolute Gasteiger partial charge is 0.351 e. The molecule has 0 aliphatic rings. The molecule has 56 valence electrons. The number of carbonyl (C=O) groups is 1. The van der Waals surface area contributed by atoms with Crippen LogP contribution in [0.15, 0.2) is 12.7 Å². The van der Waals surface area contributed by atoms with E-state index in [-0.39, 0.29) is 0 Å². The lowest BCUT2D eigenvalue weighted by Crippen LogP contribution is -2.06. The van der Waals surface area contributed by atoms with Crippen LogP contribution < -0.4 is 0 Å². The Morgan fingerprint density at radius 1 is 1.60 bits per heavy atom. The summed E-state index contributed by atoms with van der Waals surface area (Å²) in [4.78, 5) is 14.4. The molecule has 0 fully saturated rings. The Bertz CT molecular complexity index is 131. The minimum Gasteiger partial charge on any atom is -0.351 e. The van der Waals surface area contributed by atoms with Crippen LogP contribution in [0.3, 0.4) is 0 Å². The first-order valence-electron chi connectivity index (χ1n) is 2.68. The number of hydrogen-bond acceptors (Lipinski definition) is 3. The van der Waals surface area contributed by atoms with E-state index in [1.807, 2.05) is 0 Å². The van der Waals surface area contributed by atoms with Crippen molar-refractivity contribution in [3.63, 3.8) is 0 Å². The Kier molecular flexibility index (Phi) is 4.94. The van der Waals surface area contributed by atoms with Crippen LogP contribution in [0, 0.1) is 0 Å². The molecular formula is C5H10N4O. The van der Waals surface area contributed by atoms with Crippen LogP contribution in [0.4, 0.5) is 0 Å². The SMILES string of the molecule is CN(C)C=O.c1nc[nH]n1. The van der Waals surface area contributed by atoms with E-state index in [1.165, 1.54) is 17.6 Å². The number of H-pyrrole nitrogens is 1. The summed E-state index contributed by atoms with van der Waals surface area (Å²) in [6.07, 6.45) is 3.71. The zero-order valence-electron chi connectivity index (χ0n) is 5.98. The predicted molar refractivity (Wildman–Crippen MR) is 36.1 cm³/mol. The minimum atomic E-state index is 0.750. The molecule has 0 aromatic carbocycles. The van der Waals surface area contributed by atoms with Gasteiger partial charge < -0.3 is 4.90 Å². The molecule has 1 aromatic rings. The van der Waals surface area contributed by atoms with E-state index >= 15 is 0 Å². The summed E-state index contributed by atoms with van der Waals surface area (Å²) in [5.41, 5.74) is 0. The molecule has 1 heterocycles. The van der Waals surface area contributed by atoms with Gasteiger partial charge in [-0.3, -0.25) is 9.89 Å². The van der Waals surface area contributed by atoms with Crippen LogP contribution in [0.25, 0.3) is 0 Å². The first kappa shape index (κ1) is 8.61. The van der Waals surface area contributed by atoms with Crippen molar-refractivity contribution < 1.29 is 4.79 Å². The number of rotatable bonds is 1. The van der Waals surface area contributed by atoms with Gasteiger partial charge in [-0.05, 0) is 0 Å². The van der Waals surface area contributed by atoms with Crippen molar-refractivity contribution in [2.45, 2.75) is 0 Å².